The molecule has 0 aromatic heterocycles. The Hall–Kier alpha value is 0.310. The summed E-state index contributed by atoms with van der Waals surface area (Å²) in [5, 5.41) is 9.26. The van der Waals surface area contributed by atoms with Crippen molar-refractivity contribution in [3.8, 4) is 0 Å². The van der Waals surface area contributed by atoms with E-state index in [4.69, 9.17) is 39.9 Å². The lowest BCUT2D eigenvalue weighted by Crippen LogP contribution is -2.15. The zero-order chi connectivity index (χ0) is 7.78. The predicted molar refractivity (Wildman–Crippen MR) is 43.5 cm³/mol. The molecule has 1 rings (SSSR count). The van der Waals surface area contributed by atoms with Gasteiger partial charge in [0.15, 0.2) is 4.33 Å². The topological polar surface area (TPSA) is 20.2 Å². The van der Waals surface area contributed by atoms with Crippen LogP contribution in [-0.2, 0) is 0 Å². The number of rotatable bonds is 0. The van der Waals surface area contributed by atoms with Crippen LogP contribution in [0.2, 0.25) is 0 Å². The molecular weight excluding hydrogens is 194 g/mol. The van der Waals surface area contributed by atoms with E-state index in [9.17, 15) is 0 Å². The Bertz CT molecular complexity index is 195. The third-order valence-electron chi connectivity index (χ3n) is 1.11. The van der Waals surface area contributed by atoms with Crippen LogP contribution in [0.1, 0.15) is 0 Å². The normalized spacial score (nSPS) is 30.0. The Kier molecular flexibility index (Phi) is 2.31. The average Bonchev–Trinajstić information content (AvgIpc) is 1.79. The fourth-order valence-corrected chi connectivity index (χ4v) is 1.37. The van der Waals surface area contributed by atoms with Crippen molar-refractivity contribution in [2.75, 3.05) is 0 Å². The summed E-state index contributed by atoms with van der Waals surface area (Å²) in [4.78, 5) is 0. The molecule has 4 heteroatoms. The van der Waals surface area contributed by atoms with Crippen molar-refractivity contribution in [1.29, 1.82) is 0 Å². The molecular formula is C6H5Cl3O. The highest BCUT2D eigenvalue weighted by Crippen LogP contribution is 2.31. The van der Waals surface area contributed by atoms with Crippen molar-refractivity contribution < 1.29 is 5.11 Å². The Balaban J connectivity index is 2.85. The fraction of sp³-hybridized carbons (Fsp3) is 0.333. The molecule has 1 aliphatic carbocycles. The molecule has 0 amide bonds. The second-order valence-corrected chi connectivity index (χ2v) is 3.89. The molecule has 0 aromatic carbocycles. The van der Waals surface area contributed by atoms with Gasteiger partial charge in [0.2, 0.25) is 0 Å². The van der Waals surface area contributed by atoms with Crippen LogP contribution in [0.15, 0.2) is 23.3 Å². The molecule has 1 unspecified atom stereocenters. The standard InChI is InChI=1S/C6H5Cl3O/c7-4-3-6(8,9)2-1-5(4)10/h1-3,5,10H. The number of hydrogen-bond acceptors (Lipinski definition) is 1. The Morgan fingerprint density at radius 3 is 2.50 bits per heavy atom. The van der Waals surface area contributed by atoms with Gasteiger partial charge in [-0.05, 0) is 12.2 Å². The summed E-state index contributed by atoms with van der Waals surface area (Å²) in [6, 6.07) is 0. The summed E-state index contributed by atoms with van der Waals surface area (Å²) in [5.41, 5.74) is 0. The third kappa shape index (κ3) is 1.89. The van der Waals surface area contributed by atoms with E-state index in [1.165, 1.54) is 18.2 Å². The van der Waals surface area contributed by atoms with E-state index in [0.717, 1.165) is 0 Å². The van der Waals surface area contributed by atoms with E-state index < -0.39 is 10.4 Å². The summed E-state index contributed by atoms with van der Waals surface area (Å²) in [5.74, 6) is 0. The van der Waals surface area contributed by atoms with Gasteiger partial charge in [-0.2, -0.15) is 0 Å². The molecule has 56 valence electrons. The van der Waals surface area contributed by atoms with Gasteiger partial charge in [0.05, 0.1) is 0 Å². The average molecular weight is 199 g/mol. The van der Waals surface area contributed by atoms with Gasteiger partial charge in [-0.25, -0.2) is 0 Å². The van der Waals surface area contributed by atoms with E-state index in [-0.39, 0.29) is 5.03 Å². The van der Waals surface area contributed by atoms with Crippen molar-refractivity contribution in [3.05, 3.63) is 23.3 Å². The Morgan fingerprint density at radius 2 is 2.10 bits per heavy atom. The highest BCUT2D eigenvalue weighted by Gasteiger charge is 2.23. The Labute approximate surface area is 73.9 Å². The van der Waals surface area contributed by atoms with Gasteiger partial charge in [-0.15, -0.1) is 0 Å². The number of alkyl halides is 2. The zero-order valence-electron chi connectivity index (χ0n) is 4.89. The summed E-state index contributed by atoms with van der Waals surface area (Å²) >= 11 is 16.8. The molecule has 0 aromatic rings. The molecule has 0 bridgehead atoms. The second-order valence-electron chi connectivity index (χ2n) is 2.01. The van der Waals surface area contributed by atoms with Crippen LogP contribution in [0.5, 0.6) is 0 Å². The summed E-state index contributed by atoms with van der Waals surface area (Å²) < 4.78 is -1.06. The second kappa shape index (κ2) is 2.74. The molecule has 1 atom stereocenters. The maximum Gasteiger partial charge on any atom is 0.156 e. The van der Waals surface area contributed by atoms with Gasteiger partial charge in [0.25, 0.3) is 0 Å². The number of halogens is 3. The number of allylic oxidation sites excluding steroid dienone is 2. The highest BCUT2D eigenvalue weighted by atomic mass is 35.5. The summed E-state index contributed by atoms with van der Waals surface area (Å²) in [6.07, 6.45) is 3.56. The first-order valence-corrected chi connectivity index (χ1v) is 3.78. The van der Waals surface area contributed by atoms with Crippen molar-refractivity contribution in [3.63, 3.8) is 0 Å². The quantitative estimate of drug-likeness (QED) is 0.468. The van der Waals surface area contributed by atoms with Crippen LogP contribution >= 0.6 is 34.8 Å². The molecule has 0 heterocycles. The number of aliphatic hydroxyl groups is 1. The van der Waals surface area contributed by atoms with Crippen LogP contribution in [0.4, 0.5) is 0 Å². The van der Waals surface area contributed by atoms with Crippen LogP contribution in [-0.4, -0.2) is 15.5 Å². The minimum absolute atomic E-state index is 0.257. The maximum absolute atomic E-state index is 9.01. The summed E-state index contributed by atoms with van der Waals surface area (Å²) in [6.45, 7) is 0. The van der Waals surface area contributed by atoms with Gasteiger partial charge < -0.3 is 5.11 Å². The van der Waals surface area contributed by atoms with Gasteiger partial charge >= 0.3 is 0 Å². The maximum atomic E-state index is 9.01. The molecule has 1 nitrogen and oxygen atoms in total. The van der Waals surface area contributed by atoms with Gasteiger partial charge in [0, 0.05) is 5.03 Å². The fourth-order valence-electron chi connectivity index (χ4n) is 0.629. The molecule has 0 aliphatic heterocycles. The van der Waals surface area contributed by atoms with Crippen molar-refractivity contribution in [2.45, 2.75) is 10.4 Å². The van der Waals surface area contributed by atoms with Gasteiger partial charge in [0.1, 0.15) is 6.10 Å². The number of aliphatic hydroxyl groups excluding tert-OH is 1. The first kappa shape index (κ1) is 8.41. The molecule has 0 saturated carbocycles. The van der Waals surface area contributed by atoms with Crippen LogP contribution in [0.3, 0.4) is 0 Å². The van der Waals surface area contributed by atoms with E-state index in [1.54, 1.807) is 0 Å². The van der Waals surface area contributed by atoms with Crippen molar-refractivity contribution >= 4 is 34.8 Å². The molecule has 0 saturated heterocycles. The van der Waals surface area contributed by atoms with Crippen molar-refractivity contribution in [2.24, 2.45) is 0 Å². The lowest BCUT2D eigenvalue weighted by molar-refractivity contribution is 0.265. The third-order valence-corrected chi connectivity index (χ3v) is 1.92. The first-order chi connectivity index (χ1) is 4.51. The first-order valence-electron chi connectivity index (χ1n) is 2.65. The monoisotopic (exact) mass is 198 g/mol. The van der Waals surface area contributed by atoms with E-state index >= 15 is 0 Å². The smallest absolute Gasteiger partial charge is 0.156 e. The lowest BCUT2D eigenvalue weighted by Gasteiger charge is -2.17. The highest BCUT2D eigenvalue weighted by molar-refractivity contribution is 6.52. The molecule has 1 aliphatic rings. The minimum Gasteiger partial charge on any atom is -0.383 e. The lowest BCUT2D eigenvalue weighted by atomic mass is 10.1. The molecule has 0 radical (unpaired) electrons. The van der Waals surface area contributed by atoms with Gasteiger partial charge in [-0.1, -0.05) is 40.9 Å². The van der Waals surface area contributed by atoms with E-state index in [2.05, 4.69) is 0 Å². The minimum atomic E-state index is -1.06. The van der Waals surface area contributed by atoms with Crippen LogP contribution < -0.4 is 0 Å². The molecule has 1 N–H and O–H groups in total. The molecule has 0 spiro atoms. The van der Waals surface area contributed by atoms with Crippen LogP contribution in [0, 0.1) is 0 Å². The predicted octanol–water partition coefficient (Wildman–Crippen LogP) is 2.21. The van der Waals surface area contributed by atoms with E-state index in [0.29, 0.717) is 0 Å². The van der Waals surface area contributed by atoms with Crippen LogP contribution in [0.25, 0.3) is 0 Å². The van der Waals surface area contributed by atoms with Gasteiger partial charge in [-0.3, -0.25) is 0 Å². The molecule has 0 fully saturated rings. The zero-order valence-corrected chi connectivity index (χ0v) is 7.16. The largest absolute Gasteiger partial charge is 0.383 e. The Morgan fingerprint density at radius 1 is 1.50 bits per heavy atom. The SMILES string of the molecule is OC1C=CC(Cl)(Cl)C=C1Cl. The molecule has 10 heavy (non-hydrogen) atoms. The number of hydrogen-bond donors (Lipinski definition) is 1. The van der Waals surface area contributed by atoms with Crippen molar-refractivity contribution in [1.82, 2.24) is 0 Å². The summed E-state index contributed by atoms with van der Waals surface area (Å²) in [7, 11) is 0. The van der Waals surface area contributed by atoms with E-state index in [1.807, 2.05) is 0 Å².